The fourth-order valence-electron chi connectivity index (χ4n) is 1.87. The van der Waals surface area contributed by atoms with E-state index < -0.39 is 0 Å². The van der Waals surface area contributed by atoms with E-state index in [1.54, 1.807) is 0 Å². The molecule has 4 heteroatoms. The highest BCUT2D eigenvalue weighted by molar-refractivity contribution is 5.21. The third-order valence-electron chi connectivity index (χ3n) is 2.92. The summed E-state index contributed by atoms with van der Waals surface area (Å²) >= 11 is 0. The van der Waals surface area contributed by atoms with Gasteiger partial charge in [-0.3, -0.25) is 9.78 Å². The third-order valence-corrected chi connectivity index (χ3v) is 2.92. The molecule has 0 aliphatic carbocycles. The van der Waals surface area contributed by atoms with Crippen molar-refractivity contribution in [1.29, 1.82) is 0 Å². The van der Waals surface area contributed by atoms with Gasteiger partial charge in [-0.1, -0.05) is 46.0 Å². The molecule has 0 saturated heterocycles. The maximum absolute atomic E-state index is 11.0. The minimum absolute atomic E-state index is 0.110. The lowest BCUT2D eigenvalue weighted by atomic mass is 10.0. The highest BCUT2D eigenvalue weighted by atomic mass is 16.1. The van der Waals surface area contributed by atoms with Gasteiger partial charge in [0, 0.05) is 18.8 Å². The Hall–Kier alpha value is -1.32. The molecule has 0 saturated carbocycles. The normalized spacial score (nSPS) is 10.8. The van der Waals surface area contributed by atoms with Crippen molar-refractivity contribution in [3.05, 3.63) is 22.6 Å². The van der Waals surface area contributed by atoms with Crippen LogP contribution >= 0.6 is 0 Å². The Morgan fingerprint density at radius 2 is 1.94 bits per heavy atom. The lowest BCUT2D eigenvalue weighted by Crippen LogP contribution is -2.11. The van der Waals surface area contributed by atoms with Gasteiger partial charge in [-0.2, -0.15) is 0 Å². The van der Waals surface area contributed by atoms with Crippen LogP contribution in [0.1, 0.15) is 52.4 Å². The number of anilines is 1. The van der Waals surface area contributed by atoms with Crippen molar-refractivity contribution >= 4 is 5.95 Å². The fourth-order valence-corrected chi connectivity index (χ4v) is 1.87. The quantitative estimate of drug-likeness (QED) is 0.663. The van der Waals surface area contributed by atoms with E-state index in [1.165, 1.54) is 44.4 Å². The molecule has 0 radical (unpaired) electrons. The van der Waals surface area contributed by atoms with E-state index in [-0.39, 0.29) is 5.56 Å². The van der Waals surface area contributed by atoms with Crippen LogP contribution in [0.5, 0.6) is 0 Å². The van der Waals surface area contributed by atoms with Crippen molar-refractivity contribution in [2.24, 2.45) is 5.92 Å². The molecule has 1 aromatic heterocycles. The van der Waals surface area contributed by atoms with Gasteiger partial charge in [-0.25, -0.2) is 4.98 Å². The second-order valence-electron chi connectivity index (χ2n) is 5.16. The minimum atomic E-state index is -0.110. The van der Waals surface area contributed by atoms with Crippen LogP contribution in [0.3, 0.4) is 0 Å². The Kier molecular flexibility index (Phi) is 7.14. The molecule has 0 bridgehead atoms. The van der Waals surface area contributed by atoms with E-state index in [9.17, 15) is 4.79 Å². The zero-order valence-electron chi connectivity index (χ0n) is 11.5. The summed E-state index contributed by atoms with van der Waals surface area (Å²) in [5, 5.41) is 3.13. The molecule has 0 amide bonds. The molecular formula is C14H25N3O. The summed E-state index contributed by atoms with van der Waals surface area (Å²) in [6.07, 6.45) is 9.20. The molecular weight excluding hydrogens is 226 g/mol. The van der Waals surface area contributed by atoms with Crippen LogP contribution in [-0.2, 0) is 0 Å². The molecule has 0 aliphatic heterocycles. The van der Waals surface area contributed by atoms with Crippen molar-refractivity contribution in [3.63, 3.8) is 0 Å². The predicted octanol–water partition coefficient (Wildman–Crippen LogP) is 3.18. The van der Waals surface area contributed by atoms with Gasteiger partial charge in [0.25, 0.3) is 5.56 Å². The molecule has 0 aliphatic rings. The molecule has 102 valence electrons. The molecule has 1 rings (SSSR count). The molecule has 0 fully saturated rings. The van der Waals surface area contributed by atoms with Crippen molar-refractivity contribution in [3.8, 4) is 0 Å². The summed E-state index contributed by atoms with van der Waals surface area (Å²) < 4.78 is 0. The summed E-state index contributed by atoms with van der Waals surface area (Å²) in [5.41, 5.74) is -0.110. The molecule has 1 aromatic rings. The third kappa shape index (κ3) is 7.09. The second-order valence-corrected chi connectivity index (χ2v) is 5.16. The number of H-pyrrole nitrogens is 1. The SMILES string of the molecule is CC(C)CCCCCCCNc1nccc(=O)[nH]1. The number of unbranched alkanes of at least 4 members (excludes halogenated alkanes) is 4. The average molecular weight is 251 g/mol. The number of rotatable bonds is 9. The first-order valence-corrected chi connectivity index (χ1v) is 6.97. The van der Waals surface area contributed by atoms with Crippen molar-refractivity contribution in [2.75, 3.05) is 11.9 Å². The Labute approximate surface area is 109 Å². The Balaban J connectivity index is 1.97. The largest absolute Gasteiger partial charge is 0.356 e. The first-order valence-electron chi connectivity index (χ1n) is 6.97. The number of nitrogens with one attached hydrogen (secondary N) is 2. The molecule has 0 unspecified atom stereocenters. The summed E-state index contributed by atoms with van der Waals surface area (Å²) in [4.78, 5) is 17.7. The molecule has 1 heterocycles. The topological polar surface area (TPSA) is 57.8 Å². The predicted molar refractivity (Wildman–Crippen MR) is 75.9 cm³/mol. The number of aromatic nitrogens is 2. The van der Waals surface area contributed by atoms with Gasteiger partial charge in [0.2, 0.25) is 5.95 Å². The second kappa shape index (κ2) is 8.72. The van der Waals surface area contributed by atoms with E-state index in [2.05, 4.69) is 29.1 Å². The molecule has 0 atom stereocenters. The van der Waals surface area contributed by atoms with Gasteiger partial charge in [-0.15, -0.1) is 0 Å². The standard InChI is InChI=1S/C14H25N3O/c1-12(2)8-6-4-3-5-7-10-15-14-16-11-9-13(18)17-14/h9,11-12H,3-8,10H2,1-2H3,(H2,15,16,17,18). The van der Waals surface area contributed by atoms with Gasteiger partial charge >= 0.3 is 0 Å². The van der Waals surface area contributed by atoms with Crippen molar-refractivity contribution in [2.45, 2.75) is 52.4 Å². The van der Waals surface area contributed by atoms with E-state index in [1.807, 2.05) is 0 Å². The lowest BCUT2D eigenvalue weighted by Gasteiger charge is -2.05. The zero-order chi connectivity index (χ0) is 13.2. The monoisotopic (exact) mass is 251 g/mol. The Morgan fingerprint density at radius 3 is 2.67 bits per heavy atom. The van der Waals surface area contributed by atoms with Crippen LogP contribution in [-0.4, -0.2) is 16.5 Å². The van der Waals surface area contributed by atoms with Crippen LogP contribution in [0.2, 0.25) is 0 Å². The van der Waals surface area contributed by atoms with E-state index >= 15 is 0 Å². The maximum atomic E-state index is 11.0. The number of hydrogen-bond acceptors (Lipinski definition) is 3. The average Bonchev–Trinajstić information content (AvgIpc) is 2.32. The number of nitrogens with zero attached hydrogens (tertiary/aromatic N) is 1. The summed E-state index contributed by atoms with van der Waals surface area (Å²) in [7, 11) is 0. The molecule has 18 heavy (non-hydrogen) atoms. The maximum Gasteiger partial charge on any atom is 0.252 e. The fraction of sp³-hybridized carbons (Fsp3) is 0.714. The molecule has 4 nitrogen and oxygen atoms in total. The lowest BCUT2D eigenvalue weighted by molar-refractivity contribution is 0.517. The van der Waals surface area contributed by atoms with Crippen molar-refractivity contribution in [1.82, 2.24) is 9.97 Å². The zero-order valence-corrected chi connectivity index (χ0v) is 11.5. The smallest absolute Gasteiger partial charge is 0.252 e. The Morgan fingerprint density at radius 1 is 1.22 bits per heavy atom. The van der Waals surface area contributed by atoms with E-state index in [4.69, 9.17) is 0 Å². The first-order chi connectivity index (χ1) is 8.68. The van der Waals surface area contributed by atoms with Gasteiger partial charge in [-0.05, 0) is 12.3 Å². The van der Waals surface area contributed by atoms with Crippen LogP contribution < -0.4 is 10.9 Å². The van der Waals surface area contributed by atoms with Gasteiger partial charge < -0.3 is 5.32 Å². The van der Waals surface area contributed by atoms with Crippen LogP contribution in [0, 0.1) is 5.92 Å². The van der Waals surface area contributed by atoms with E-state index in [0.717, 1.165) is 18.9 Å². The summed E-state index contributed by atoms with van der Waals surface area (Å²) in [6, 6.07) is 1.42. The summed E-state index contributed by atoms with van der Waals surface area (Å²) in [5.74, 6) is 1.40. The minimum Gasteiger partial charge on any atom is -0.356 e. The first kappa shape index (κ1) is 14.7. The van der Waals surface area contributed by atoms with Gasteiger partial charge in [0.05, 0.1) is 0 Å². The summed E-state index contributed by atoms with van der Waals surface area (Å²) in [6.45, 7) is 5.42. The molecule has 0 aromatic carbocycles. The Bertz CT molecular complexity index is 373. The highest BCUT2D eigenvalue weighted by Crippen LogP contribution is 2.10. The van der Waals surface area contributed by atoms with E-state index in [0.29, 0.717) is 5.95 Å². The molecule has 2 N–H and O–H groups in total. The van der Waals surface area contributed by atoms with Crippen molar-refractivity contribution < 1.29 is 0 Å². The van der Waals surface area contributed by atoms with Gasteiger partial charge in [0.15, 0.2) is 0 Å². The van der Waals surface area contributed by atoms with Crippen LogP contribution in [0.15, 0.2) is 17.1 Å². The number of hydrogen-bond donors (Lipinski definition) is 2. The highest BCUT2D eigenvalue weighted by Gasteiger charge is 1.96. The van der Waals surface area contributed by atoms with Crippen LogP contribution in [0.25, 0.3) is 0 Å². The van der Waals surface area contributed by atoms with Gasteiger partial charge in [0.1, 0.15) is 0 Å². The molecule has 0 spiro atoms. The number of aromatic amines is 1. The van der Waals surface area contributed by atoms with Crippen LogP contribution in [0.4, 0.5) is 5.95 Å².